The number of nitrogens with one attached hydrogen (secondary N) is 4. The van der Waals surface area contributed by atoms with Crippen LogP contribution in [0.2, 0.25) is 1.41 Å². The lowest BCUT2D eigenvalue weighted by Gasteiger charge is -2.24. The van der Waals surface area contributed by atoms with Crippen molar-refractivity contribution in [2.24, 2.45) is 5.73 Å². The number of hydrogen-bond donors (Lipinski definition) is 6. The van der Waals surface area contributed by atoms with Crippen LogP contribution in [0.25, 0.3) is 21.8 Å². The van der Waals surface area contributed by atoms with E-state index in [1.54, 1.807) is 12.4 Å². The standard InChI is InChI=1S/C26H29N5O4/c1-15(33)24(31-25(34)21(27)11-17-13-29-23-9-5-3-7-20(17)23)26(35)30-18(14-32)10-16-12-28-22-8-4-2-6-19(16)22/h2-9,12-15,18,21,24,28-29,33H,10-11,27H2,1H3,(H,30,35)(H,31,34)/t15-,18+,21+,24+/m0/s1/i/hD. The molecule has 2 heterocycles. The molecule has 2 aromatic carbocycles. The van der Waals surface area contributed by atoms with Gasteiger partial charge in [-0.1, -0.05) is 36.4 Å². The number of H-pyrrole nitrogens is 2. The largest absolute Gasteiger partial charge is 0.391 e. The molecule has 182 valence electrons. The Labute approximate surface area is 203 Å². The van der Waals surface area contributed by atoms with Gasteiger partial charge in [-0.15, -0.1) is 0 Å². The van der Waals surface area contributed by atoms with E-state index in [0.717, 1.165) is 32.9 Å². The van der Waals surface area contributed by atoms with Gasteiger partial charge in [-0.25, -0.2) is 0 Å². The number of aliphatic hydroxyl groups excluding tert-OH is 1. The van der Waals surface area contributed by atoms with Crippen LogP contribution in [0.3, 0.4) is 0 Å². The summed E-state index contributed by atoms with van der Waals surface area (Å²) in [6, 6.07) is 11.6. The molecule has 0 aliphatic carbocycles. The third kappa shape index (κ3) is 5.42. The van der Waals surface area contributed by atoms with Crippen molar-refractivity contribution in [1.82, 2.24) is 20.6 Å². The summed E-state index contributed by atoms with van der Waals surface area (Å²) in [6.45, 7) is 1.33. The molecule has 2 amide bonds. The van der Waals surface area contributed by atoms with E-state index in [-0.39, 0.29) is 12.8 Å². The second kappa shape index (κ2) is 10.5. The highest BCUT2D eigenvalue weighted by atomic mass is 16.3. The summed E-state index contributed by atoms with van der Waals surface area (Å²) in [4.78, 5) is 44.0. The first kappa shape index (κ1) is 22.8. The molecular weight excluding hydrogens is 446 g/mol. The Morgan fingerprint density at radius 1 is 1.00 bits per heavy atom. The molecule has 0 spiro atoms. The molecule has 2 aromatic heterocycles. The number of hydrogen-bond acceptors (Lipinski definition) is 5. The highest BCUT2D eigenvalue weighted by Crippen LogP contribution is 2.20. The van der Waals surface area contributed by atoms with E-state index in [0.29, 0.717) is 11.6 Å². The summed E-state index contributed by atoms with van der Waals surface area (Å²) in [5.41, 5.74) is 9.51. The normalized spacial score (nSPS) is 15.2. The van der Waals surface area contributed by atoms with Gasteiger partial charge in [0, 0.05) is 40.6 Å². The highest BCUT2D eigenvalue weighted by Gasteiger charge is 2.29. The van der Waals surface area contributed by atoms with E-state index >= 15 is 0 Å². The number of amides is 2. The smallest absolute Gasteiger partial charge is 0.245 e. The van der Waals surface area contributed by atoms with Crippen LogP contribution in [0.5, 0.6) is 0 Å². The number of fused-ring (bicyclic) bond motifs is 2. The fraction of sp³-hybridized carbons (Fsp3) is 0.269. The van der Waals surface area contributed by atoms with E-state index < -0.39 is 36.0 Å². The minimum Gasteiger partial charge on any atom is -0.391 e. The van der Waals surface area contributed by atoms with Gasteiger partial charge < -0.3 is 36.2 Å². The first-order chi connectivity index (χ1) is 17.3. The van der Waals surface area contributed by atoms with E-state index in [1.165, 1.54) is 6.92 Å². The Bertz CT molecular complexity index is 1380. The molecule has 0 saturated carbocycles. The summed E-state index contributed by atoms with van der Waals surface area (Å²) in [6.07, 6.45) is 3.02. The molecule has 0 aliphatic rings. The average molecular weight is 477 g/mol. The van der Waals surface area contributed by atoms with Crippen molar-refractivity contribution in [1.29, 1.82) is 0 Å². The van der Waals surface area contributed by atoms with Crippen molar-refractivity contribution in [2.45, 2.75) is 44.0 Å². The summed E-state index contributed by atoms with van der Waals surface area (Å²) in [7, 11) is 0. The maximum atomic E-state index is 13.1. The van der Waals surface area contributed by atoms with Crippen LogP contribution in [0, 0.1) is 0 Å². The first-order valence-corrected chi connectivity index (χ1v) is 11.4. The molecule has 35 heavy (non-hydrogen) atoms. The third-order valence-corrected chi connectivity index (χ3v) is 6.05. The average Bonchev–Trinajstić information content (AvgIpc) is 3.48. The minimum absolute atomic E-state index is 0.101. The van der Waals surface area contributed by atoms with Crippen molar-refractivity contribution in [2.75, 3.05) is 0 Å². The molecule has 9 heteroatoms. The highest BCUT2D eigenvalue weighted by molar-refractivity contribution is 5.92. The fourth-order valence-electron chi connectivity index (χ4n) is 4.17. The van der Waals surface area contributed by atoms with Crippen LogP contribution in [0.4, 0.5) is 0 Å². The Hall–Kier alpha value is -3.95. The molecule has 0 aliphatic heterocycles. The van der Waals surface area contributed by atoms with Gasteiger partial charge in [-0.3, -0.25) is 9.59 Å². The monoisotopic (exact) mass is 476 g/mol. The number of rotatable bonds is 10. The van der Waals surface area contributed by atoms with Gasteiger partial charge in [-0.05, 0) is 36.6 Å². The molecule has 9 nitrogen and oxygen atoms in total. The molecule has 0 radical (unpaired) electrons. The first-order valence-electron chi connectivity index (χ1n) is 11.9. The van der Waals surface area contributed by atoms with Gasteiger partial charge in [0.2, 0.25) is 11.8 Å². The van der Waals surface area contributed by atoms with Gasteiger partial charge in [-0.2, -0.15) is 0 Å². The SMILES string of the molecule is [2H]N(C(=O)[C@H](NC(=O)[C@H](N)Cc1c[nH]c2ccccc12)[C@H](C)O)[C@@H](C=O)Cc1c[nH]c2ccccc12. The summed E-state index contributed by atoms with van der Waals surface area (Å²) >= 11 is 0. The molecule has 0 unspecified atom stereocenters. The summed E-state index contributed by atoms with van der Waals surface area (Å²) < 4.78 is 8.31. The van der Waals surface area contributed by atoms with E-state index in [2.05, 4.69) is 15.3 Å². The van der Waals surface area contributed by atoms with Crippen molar-refractivity contribution < 1.29 is 20.9 Å². The number of para-hydroxylation sites is 2. The molecule has 0 saturated heterocycles. The van der Waals surface area contributed by atoms with Crippen molar-refractivity contribution in [3.8, 4) is 0 Å². The lowest BCUT2D eigenvalue weighted by atomic mass is 10.0. The molecule has 0 bridgehead atoms. The van der Waals surface area contributed by atoms with Crippen LogP contribution in [-0.2, 0) is 27.2 Å². The van der Waals surface area contributed by atoms with Crippen LogP contribution >= 0.6 is 0 Å². The number of aldehydes is 1. The number of nitrogens with two attached hydrogens (primary N) is 1. The Balaban J connectivity index is 1.44. The number of aromatic nitrogens is 2. The Kier molecular flexibility index (Phi) is 6.87. The van der Waals surface area contributed by atoms with Crippen LogP contribution in [0.15, 0.2) is 60.9 Å². The lowest BCUT2D eigenvalue weighted by molar-refractivity contribution is -0.133. The van der Waals surface area contributed by atoms with Gasteiger partial charge >= 0.3 is 0 Å². The number of carbonyl (C=O) groups is 3. The maximum absolute atomic E-state index is 13.1. The second-order valence-corrected chi connectivity index (χ2v) is 8.63. The predicted molar refractivity (Wildman–Crippen MR) is 134 cm³/mol. The predicted octanol–water partition coefficient (Wildman–Crippen LogP) is 1.31. The topological polar surface area (TPSA) is 153 Å². The zero-order valence-corrected chi connectivity index (χ0v) is 19.3. The number of carbonyl (C=O) groups excluding carboxylic acids is 3. The minimum atomic E-state index is -1.44. The van der Waals surface area contributed by atoms with Crippen molar-refractivity contribution in [3.63, 3.8) is 0 Å². The fourth-order valence-corrected chi connectivity index (χ4v) is 4.17. The summed E-state index contributed by atoms with van der Waals surface area (Å²) in [5.74, 6) is -1.55. The quantitative estimate of drug-likeness (QED) is 0.191. The second-order valence-electron chi connectivity index (χ2n) is 8.63. The Morgan fingerprint density at radius 2 is 1.54 bits per heavy atom. The Morgan fingerprint density at radius 3 is 2.09 bits per heavy atom. The molecule has 4 aromatic rings. The van der Waals surface area contributed by atoms with E-state index in [9.17, 15) is 19.5 Å². The van der Waals surface area contributed by atoms with Crippen molar-refractivity contribution >= 4 is 39.9 Å². The van der Waals surface area contributed by atoms with Gasteiger partial charge in [0.25, 0.3) is 0 Å². The van der Waals surface area contributed by atoms with Gasteiger partial charge in [0.05, 0.1) is 18.2 Å². The van der Waals surface area contributed by atoms with Crippen LogP contribution < -0.4 is 16.4 Å². The summed E-state index contributed by atoms with van der Waals surface area (Å²) in [5, 5.41) is 15.0. The molecule has 0 fully saturated rings. The lowest BCUT2D eigenvalue weighted by Crippen LogP contribution is -2.57. The molecule has 7 N–H and O–H groups in total. The van der Waals surface area contributed by atoms with Crippen LogP contribution in [-0.4, -0.2) is 57.4 Å². The molecule has 4 atom stereocenters. The van der Waals surface area contributed by atoms with E-state index in [1.807, 2.05) is 48.5 Å². The number of aromatic amines is 2. The maximum Gasteiger partial charge on any atom is 0.245 e. The zero-order chi connectivity index (χ0) is 25.8. The van der Waals surface area contributed by atoms with Gasteiger partial charge in [0.15, 0.2) is 1.41 Å². The van der Waals surface area contributed by atoms with Crippen molar-refractivity contribution in [3.05, 3.63) is 72.1 Å². The number of aliphatic hydroxyl groups is 1. The third-order valence-electron chi connectivity index (χ3n) is 6.05. The van der Waals surface area contributed by atoms with E-state index in [4.69, 9.17) is 7.15 Å². The molecular formula is C26H29N5O4. The zero-order valence-electron chi connectivity index (χ0n) is 20.3. The van der Waals surface area contributed by atoms with Crippen LogP contribution in [0.1, 0.15) is 18.1 Å². The van der Waals surface area contributed by atoms with Gasteiger partial charge in [0.1, 0.15) is 12.3 Å². The molecule has 4 rings (SSSR count). The number of benzene rings is 2.